The molecule has 2 heterocycles. The van der Waals surface area contributed by atoms with E-state index in [0.717, 1.165) is 31.7 Å². The van der Waals surface area contributed by atoms with Gasteiger partial charge in [0.2, 0.25) is 0 Å². The summed E-state index contributed by atoms with van der Waals surface area (Å²) < 4.78 is 5.30. The highest BCUT2D eigenvalue weighted by molar-refractivity contribution is 7.09. The first kappa shape index (κ1) is 11.5. The topological polar surface area (TPSA) is 59.4 Å². The molecule has 0 amide bonds. The molecular weight excluding hydrogens is 226 g/mol. The Balaban J connectivity index is 2.09. The Labute approximate surface area is 98.3 Å². The fourth-order valence-electron chi connectivity index (χ4n) is 1.79. The lowest BCUT2D eigenvalue weighted by molar-refractivity contribution is -0.138. The van der Waals surface area contributed by atoms with E-state index in [2.05, 4.69) is 4.98 Å². The fourth-order valence-corrected chi connectivity index (χ4v) is 2.74. The number of hydrogen-bond acceptors (Lipinski definition) is 4. The third-order valence-electron chi connectivity index (χ3n) is 2.92. The minimum Gasteiger partial charge on any atom is -0.481 e. The predicted octanol–water partition coefficient (Wildman–Crippen LogP) is 2.23. The van der Waals surface area contributed by atoms with Crippen molar-refractivity contribution in [3.05, 3.63) is 16.1 Å². The summed E-state index contributed by atoms with van der Waals surface area (Å²) in [6.45, 7) is 3.24. The summed E-state index contributed by atoms with van der Waals surface area (Å²) in [7, 11) is 0. The van der Waals surface area contributed by atoms with Gasteiger partial charge in [-0.05, 0) is 19.8 Å². The van der Waals surface area contributed by atoms with Crippen LogP contribution in [0.5, 0.6) is 0 Å². The molecule has 16 heavy (non-hydrogen) atoms. The van der Waals surface area contributed by atoms with E-state index in [1.165, 1.54) is 11.3 Å². The molecule has 1 unspecified atom stereocenters. The zero-order valence-corrected chi connectivity index (χ0v) is 10.00. The zero-order chi connectivity index (χ0) is 11.5. The lowest BCUT2D eigenvalue weighted by Crippen LogP contribution is -2.14. The number of ether oxygens (including phenoxy) is 1. The Bertz CT molecular complexity index is 371. The summed E-state index contributed by atoms with van der Waals surface area (Å²) in [5, 5.41) is 11.6. The number of aromatic nitrogens is 1. The molecule has 0 aliphatic carbocycles. The van der Waals surface area contributed by atoms with Crippen molar-refractivity contribution in [2.75, 3.05) is 13.2 Å². The van der Waals surface area contributed by atoms with Crippen LogP contribution in [-0.2, 0) is 9.53 Å². The molecule has 0 spiro atoms. The lowest BCUT2D eigenvalue weighted by Gasteiger charge is -2.20. The van der Waals surface area contributed by atoms with E-state index in [-0.39, 0.29) is 0 Å². The summed E-state index contributed by atoms with van der Waals surface area (Å²) >= 11 is 1.45. The number of carbonyl (C=O) groups is 1. The predicted molar refractivity (Wildman–Crippen MR) is 61.0 cm³/mol. The number of aliphatic carboxylic acids is 1. The highest BCUT2D eigenvalue weighted by atomic mass is 32.1. The average molecular weight is 241 g/mol. The quantitative estimate of drug-likeness (QED) is 0.881. The summed E-state index contributed by atoms with van der Waals surface area (Å²) in [5.41, 5.74) is 1.04. The van der Waals surface area contributed by atoms with Crippen molar-refractivity contribution < 1.29 is 14.6 Å². The van der Waals surface area contributed by atoms with Gasteiger partial charge >= 0.3 is 5.97 Å². The van der Waals surface area contributed by atoms with Crippen LogP contribution in [0.3, 0.4) is 0 Å². The van der Waals surface area contributed by atoms with E-state index in [1.807, 2.05) is 5.38 Å². The Kier molecular flexibility index (Phi) is 3.56. The van der Waals surface area contributed by atoms with Gasteiger partial charge in [-0.2, -0.15) is 0 Å². The van der Waals surface area contributed by atoms with Crippen molar-refractivity contribution in [2.45, 2.75) is 31.6 Å². The van der Waals surface area contributed by atoms with Crippen molar-refractivity contribution in [2.24, 2.45) is 0 Å². The number of thiazole rings is 1. The highest BCUT2D eigenvalue weighted by Crippen LogP contribution is 2.30. The molecular formula is C11H15NO3S. The van der Waals surface area contributed by atoms with Crippen LogP contribution in [0.25, 0.3) is 0 Å². The lowest BCUT2D eigenvalue weighted by atomic mass is 9.97. The summed E-state index contributed by atoms with van der Waals surface area (Å²) in [6, 6.07) is 0. The molecule has 1 aromatic heterocycles. The summed E-state index contributed by atoms with van der Waals surface area (Å²) in [5.74, 6) is -0.869. The Morgan fingerprint density at radius 3 is 2.94 bits per heavy atom. The second-order valence-electron chi connectivity index (χ2n) is 4.06. The number of carboxylic acids is 1. The standard InChI is InChI=1S/C11H15NO3S/c1-7(11(13)14)10-12-9(6-16-10)8-2-4-15-5-3-8/h6-8H,2-5H2,1H3,(H,13,14). The second kappa shape index (κ2) is 4.93. The minimum atomic E-state index is -0.812. The van der Waals surface area contributed by atoms with Crippen LogP contribution < -0.4 is 0 Å². The molecule has 0 bridgehead atoms. The molecule has 0 radical (unpaired) electrons. The molecule has 4 nitrogen and oxygen atoms in total. The van der Waals surface area contributed by atoms with Gasteiger partial charge in [0.25, 0.3) is 0 Å². The number of nitrogens with zero attached hydrogens (tertiary/aromatic N) is 1. The van der Waals surface area contributed by atoms with Gasteiger partial charge < -0.3 is 9.84 Å². The maximum Gasteiger partial charge on any atom is 0.313 e. The zero-order valence-electron chi connectivity index (χ0n) is 9.18. The van der Waals surface area contributed by atoms with Gasteiger partial charge in [-0.3, -0.25) is 4.79 Å². The second-order valence-corrected chi connectivity index (χ2v) is 4.95. The van der Waals surface area contributed by atoms with Crippen LogP contribution in [0.1, 0.15) is 42.3 Å². The first-order valence-corrected chi connectivity index (χ1v) is 6.32. The van der Waals surface area contributed by atoms with Crippen LogP contribution >= 0.6 is 11.3 Å². The third-order valence-corrected chi connectivity index (χ3v) is 3.97. The van der Waals surface area contributed by atoms with E-state index in [1.54, 1.807) is 6.92 Å². The van der Waals surface area contributed by atoms with Gasteiger partial charge in [-0.25, -0.2) is 4.98 Å². The van der Waals surface area contributed by atoms with Crippen molar-refractivity contribution in [3.63, 3.8) is 0 Å². The Morgan fingerprint density at radius 1 is 1.62 bits per heavy atom. The first-order valence-electron chi connectivity index (χ1n) is 5.44. The van der Waals surface area contributed by atoms with Gasteiger partial charge in [0.05, 0.1) is 5.69 Å². The molecule has 1 atom stereocenters. The molecule has 0 saturated carbocycles. The molecule has 1 fully saturated rings. The molecule has 5 heteroatoms. The number of carboxylic acid groups (broad SMARTS) is 1. The van der Waals surface area contributed by atoms with Crippen LogP contribution in [0.15, 0.2) is 5.38 Å². The van der Waals surface area contributed by atoms with Crippen LogP contribution in [-0.4, -0.2) is 29.3 Å². The van der Waals surface area contributed by atoms with E-state index in [9.17, 15) is 4.79 Å². The molecule has 2 rings (SSSR count). The average Bonchev–Trinajstić information content (AvgIpc) is 2.78. The van der Waals surface area contributed by atoms with Crippen molar-refractivity contribution >= 4 is 17.3 Å². The molecule has 0 aromatic carbocycles. The first-order chi connectivity index (χ1) is 7.68. The molecule has 1 aliphatic rings. The van der Waals surface area contributed by atoms with Gasteiger partial charge in [-0.1, -0.05) is 0 Å². The van der Waals surface area contributed by atoms with Crippen molar-refractivity contribution in [3.8, 4) is 0 Å². The maximum atomic E-state index is 10.8. The molecule has 1 saturated heterocycles. The van der Waals surface area contributed by atoms with Crippen molar-refractivity contribution in [1.82, 2.24) is 4.98 Å². The SMILES string of the molecule is CC(C(=O)O)c1nc(C2CCOCC2)cs1. The normalized spacial score (nSPS) is 19.6. The van der Waals surface area contributed by atoms with E-state index in [4.69, 9.17) is 9.84 Å². The van der Waals surface area contributed by atoms with Crippen LogP contribution in [0.2, 0.25) is 0 Å². The van der Waals surface area contributed by atoms with Crippen molar-refractivity contribution in [1.29, 1.82) is 0 Å². The Morgan fingerprint density at radius 2 is 2.31 bits per heavy atom. The van der Waals surface area contributed by atoms with Crippen LogP contribution in [0.4, 0.5) is 0 Å². The van der Waals surface area contributed by atoms with Gasteiger partial charge in [-0.15, -0.1) is 11.3 Å². The molecule has 1 aliphatic heterocycles. The number of hydrogen-bond donors (Lipinski definition) is 1. The number of rotatable bonds is 3. The smallest absolute Gasteiger partial charge is 0.313 e. The third kappa shape index (κ3) is 2.41. The molecule has 88 valence electrons. The van der Waals surface area contributed by atoms with Gasteiger partial charge in [0.1, 0.15) is 10.9 Å². The van der Waals surface area contributed by atoms with Crippen LogP contribution in [0, 0.1) is 0 Å². The van der Waals surface area contributed by atoms with E-state index >= 15 is 0 Å². The fraction of sp³-hybridized carbons (Fsp3) is 0.636. The van der Waals surface area contributed by atoms with E-state index in [0.29, 0.717) is 10.9 Å². The Hall–Kier alpha value is -0.940. The maximum absolute atomic E-state index is 10.8. The highest BCUT2D eigenvalue weighted by Gasteiger charge is 2.22. The van der Waals surface area contributed by atoms with Gasteiger partial charge in [0, 0.05) is 24.5 Å². The monoisotopic (exact) mass is 241 g/mol. The molecule has 1 N–H and O–H groups in total. The minimum absolute atomic E-state index is 0.444. The molecule has 1 aromatic rings. The summed E-state index contributed by atoms with van der Waals surface area (Å²) in [6.07, 6.45) is 1.98. The largest absolute Gasteiger partial charge is 0.481 e. The van der Waals surface area contributed by atoms with E-state index < -0.39 is 11.9 Å². The van der Waals surface area contributed by atoms with Gasteiger partial charge in [0.15, 0.2) is 0 Å². The summed E-state index contributed by atoms with van der Waals surface area (Å²) in [4.78, 5) is 15.3.